The lowest BCUT2D eigenvalue weighted by atomic mass is 10.0. The Hall–Kier alpha value is -0.890. The van der Waals surface area contributed by atoms with Crippen LogP contribution in [0.2, 0.25) is 0 Å². The van der Waals surface area contributed by atoms with Gasteiger partial charge >= 0.3 is 0 Å². The zero-order valence-corrected chi connectivity index (χ0v) is 18.9. The van der Waals surface area contributed by atoms with E-state index in [-0.39, 0.29) is 24.0 Å². The lowest BCUT2D eigenvalue weighted by molar-refractivity contribution is 0.161. The van der Waals surface area contributed by atoms with Crippen molar-refractivity contribution in [3.63, 3.8) is 0 Å². The Morgan fingerprint density at radius 3 is 2.46 bits per heavy atom. The SMILES string of the molecule is CCNC(=NCc1ccccn1)NCC(C(C)C)N1CCCCCC1.I. The number of hydrogen-bond donors (Lipinski definition) is 2. The van der Waals surface area contributed by atoms with Gasteiger partial charge in [0, 0.05) is 25.3 Å². The second-order valence-electron chi connectivity index (χ2n) is 7.16. The maximum Gasteiger partial charge on any atom is 0.191 e. The Bertz CT molecular complexity index is 498. The summed E-state index contributed by atoms with van der Waals surface area (Å²) < 4.78 is 0. The number of likely N-dealkylation sites (tertiary alicyclic amines) is 1. The van der Waals surface area contributed by atoms with Crippen LogP contribution in [0.4, 0.5) is 0 Å². The Balaban J connectivity index is 0.00000338. The first kappa shape index (κ1) is 23.1. The van der Waals surface area contributed by atoms with Gasteiger partial charge in [0.05, 0.1) is 12.2 Å². The van der Waals surface area contributed by atoms with Gasteiger partial charge in [0.1, 0.15) is 0 Å². The number of aliphatic imine (C=N–C) groups is 1. The largest absolute Gasteiger partial charge is 0.357 e. The summed E-state index contributed by atoms with van der Waals surface area (Å²) in [6.45, 7) is 11.6. The highest BCUT2D eigenvalue weighted by Crippen LogP contribution is 2.17. The molecule has 0 bridgehead atoms. The molecule has 0 radical (unpaired) electrons. The highest BCUT2D eigenvalue weighted by Gasteiger charge is 2.22. The van der Waals surface area contributed by atoms with E-state index in [1.807, 2.05) is 24.4 Å². The molecule has 0 saturated carbocycles. The summed E-state index contributed by atoms with van der Waals surface area (Å²) in [5, 5.41) is 6.91. The minimum absolute atomic E-state index is 0. The van der Waals surface area contributed by atoms with E-state index in [0.29, 0.717) is 18.5 Å². The number of guanidine groups is 1. The zero-order valence-electron chi connectivity index (χ0n) is 16.6. The zero-order chi connectivity index (χ0) is 17.9. The van der Waals surface area contributed by atoms with Gasteiger partial charge in [0.25, 0.3) is 0 Å². The molecule has 6 heteroatoms. The molecule has 1 saturated heterocycles. The van der Waals surface area contributed by atoms with Crippen molar-refractivity contribution >= 4 is 29.9 Å². The third kappa shape index (κ3) is 8.20. The molecule has 26 heavy (non-hydrogen) atoms. The third-order valence-corrected chi connectivity index (χ3v) is 4.83. The van der Waals surface area contributed by atoms with E-state index in [9.17, 15) is 0 Å². The van der Waals surface area contributed by atoms with E-state index in [4.69, 9.17) is 4.99 Å². The smallest absolute Gasteiger partial charge is 0.191 e. The molecule has 0 aromatic carbocycles. The van der Waals surface area contributed by atoms with Gasteiger partial charge in [-0.05, 0) is 50.9 Å². The maximum atomic E-state index is 4.69. The number of nitrogens with one attached hydrogen (secondary N) is 2. The van der Waals surface area contributed by atoms with Crippen LogP contribution in [0.25, 0.3) is 0 Å². The number of rotatable bonds is 7. The van der Waals surface area contributed by atoms with Crippen molar-refractivity contribution in [2.75, 3.05) is 26.2 Å². The van der Waals surface area contributed by atoms with Gasteiger partial charge < -0.3 is 10.6 Å². The lowest BCUT2D eigenvalue weighted by Crippen LogP contribution is -2.49. The quantitative estimate of drug-likeness (QED) is 0.361. The molecule has 1 aromatic rings. The molecule has 5 nitrogen and oxygen atoms in total. The normalized spacial score (nSPS) is 17.3. The molecule has 1 aliphatic heterocycles. The molecule has 1 atom stereocenters. The number of aromatic nitrogens is 1. The number of pyridine rings is 1. The van der Waals surface area contributed by atoms with Crippen LogP contribution in [-0.4, -0.2) is 48.1 Å². The van der Waals surface area contributed by atoms with Crippen LogP contribution in [-0.2, 0) is 6.54 Å². The molecule has 2 heterocycles. The first-order valence-corrected chi connectivity index (χ1v) is 9.87. The predicted molar refractivity (Wildman–Crippen MR) is 121 cm³/mol. The summed E-state index contributed by atoms with van der Waals surface area (Å²) in [6.07, 6.45) is 7.24. The Kier molecular flexibility index (Phi) is 11.8. The van der Waals surface area contributed by atoms with Gasteiger partial charge in [-0.3, -0.25) is 9.88 Å². The number of hydrogen-bond acceptors (Lipinski definition) is 3. The monoisotopic (exact) mass is 473 g/mol. The highest BCUT2D eigenvalue weighted by atomic mass is 127. The molecule has 148 valence electrons. The molecule has 0 spiro atoms. The molecule has 1 aromatic heterocycles. The van der Waals surface area contributed by atoms with E-state index in [2.05, 4.69) is 41.3 Å². The minimum Gasteiger partial charge on any atom is -0.357 e. The Labute approximate surface area is 176 Å². The van der Waals surface area contributed by atoms with Crippen molar-refractivity contribution in [3.05, 3.63) is 30.1 Å². The third-order valence-electron chi connectivity index (χ3n) is 4.83. The molecule has 0 aliphatic carbocycles. The molecule has 1 unspecified atom stereocenters. The van der Waals surface area contributed by atoms with Gasteiger partial charge in [0.15, 0.2) is 5.96 Å². The van der Waals surface area contributed by atoms with E-state index >= 15 is 0 Å². The molecule has 1 aliphatic rings. The van der Waals surface area contributed by atoms with Crippen LogP contribution in [0, 0.1) is 5.92 Å². The summed E-state index contributed by atoms with van der Waals surface area (Å²) in [6, 6.07) is 6.51. The topological polar surface area (TPSA) is 52.6 Å². The summed E-state index contributed by atoms with van der Waals surface area (Å²) >= 11 is 0. The molecule has 2 rings (SSSR count). The Morgan fingerprint density at radius 2 is 1.88 bits per heavy atom. The van der Waals surface area contributed by atoms with Crippen LogP contribution in [0.1, 0.15) is 52.1 Å². The first-order chi connectivity index (χ1) is 12.2. The fourth-order valence-electron chi connectivity index (χ4n) is 3.41. The summed E-state index contributed by atoms with van der Waals surface area (Å²) in [5.74, 6) is 1.51. The standard InChI is InChI=1S/C20H35N5.HI/c1-4-21-20(23-15-18-11-7-8-12-22-18)24-16-19(17(2)3)25-13-9-5-6-10-14-25;/h7-8,11-12,17,19H,4-6,9-10,13-16H2,1-3H3,(H2,21,23,24);1H. The molecule has 2 N–H and O–H groups in total. The van der Waals surface area contributed by atoms with Crippen LogP contribution in [0.15, 0.2) is 29.4 Å². The number of halogens is 1. The average molecular weight is 473 g/mol. The summed E-state index contributed by atoms with van der Waals surface area (Å²) in [5.41, 5.74) is 0.993. The average Bonchev–Trinajstić information content (AvgIpc) is 2.90. The van der Waals surface area contributed by atoms with Gasteiger partial charge in [-0.2, -0.15) is 0 Å². The van der Waals surface area contributed by atoms with Crippen molar-refractivity contribution in [3.8, 4) is 0 Å². The van der Waals surface area contributed by atoms with Gasteiger partial charge in [-0.25, -0.2) is 4.99 Å². The maximum absolute atomic E-state index is 4.69. The van der Waals surface area contributed by atoms with Crippen molar-refractivity contribution < 1.29 is 0 Å². The van der Waals surface area contributed by atoms with Crippen LogP contribution < -0.4 is 10.6 Å². The van der Waals surface area contributed by atoms with Crippen molar-refractivity contribution in [1.29, 1.82) is 0 Å². The van der Waals surface area contributed by atoms with Gasteiger partial charge in [-0.1, -0.05) is 32.8 Å². The summed E-state index contributed by atoms with van der Waals surface area (Å²) in [4.78, 5) is 11.7. The molecular formula is C20H36IN5. The Morgan fingerprint density at radius 1 is 1.15 bits per heavy atom. The molecular weight excluding hydrogens is 437 g/mol. The van der Waals surface area contributed by atoms with Crippen molar-refractivity contribution in [2.45, 2.75) is 59.0 Å². The minimum atomic E-state index is 0. The lowest BCUT2D eigenvalue weighted by Gasteiger charge is -2.34. The van der Waals surface area contributed by atoms with E-state index in [0.717, 1.165) is 24.7 Å². The van der Waals surface area contributed by atoms with Crippen LogP contribution in [0.3, 0.4) is 0 Å². The van der Waals surface area contributed by atoms with E-state index in [1.54, 1.807) is 0 Å². The van der Waals surface area contributed by atoms with E-state index in [1.165, 1.54) is 38.8 Å². The molecule has 1 fully saturated rings. The highest BCUT2D eigenvalue weighted by molar-refractivity contribution is 14.0. The van der Waals surface area contributed by atoms with Crippen LogP contribution in [0.5, 0.6) is 0 Å². The first-order valence-electron chi connectivity index (χ1n) is 9.87. The van der Waals surface area contributed by atoms with Gasteiger partial charge in [0.2, 0.25) is 0 Å². The number of nitrogens with zero attached hydrogens (tertiary/aromatic N) is 3. The fourth-order valence-corrected chi connectivity index (χ4v) is 3.41. The van der Waals surface area contributed by atoms with Gasteiger partial charge in [-0.15, -0.1) is 24.0 Å². The summed E-state index contributed by atoms with van der Waals surface area (Å²) in [7, 11) is 0. The molecule has 0 amide bonds. The van der Waals surface area contributed by atoms with Crippen molar-refractivity contribution in [2.24, 2.45) is 10.9 Å². The van der Waals surface area contributed by atoms with Crippen molar-refractivity contribution in [1.82, 2.24) is 20.5 Å². The van der Waals surface area contributed by atoms with E-state index < -0.39 is 0 Å². The fraction of sp³-hybridized carbons (Fsp3) is 0.700. The second-order valence-corrected chi connectivity index (χ2v) is 7.16. The predicted octanol–water partition coefficient (Wildman–Crippen LogP) is 3.66. The second kappa shape index (κ2) is 13.3. The van der Waals surface area contributed by atoms with Crippen LogP contribution >= 0.6 is 24.0 Å².